The van der Waals surface area contributed by atoms with Crippen LogP contribution in [0.3, 0.4) is 0 Å². The van der Waals surface area contributed by atoms with Crippen LogP contribution in [-0.2, 0) is 0 Å². The highest BCUT2D eigenvalue weighted by Crippen LogP contribution is 2.20. The van der Waals surface area contributed by atoms with Crippen molar-refractivity contribution >= 4 is 5.69 Å². The van der Waals surface area contributed by atoms with E-state index in [9.17, 15) is 8.78 Å². The summed E-state index contributed by atoms with van der Waals surface area (Å²) in [4.78, 5) is 2.43. The van der Waals surface area contributed by atoms with Crippen molar-refractivity contribution in [3.05, 3.63) is 29.8 Å². The highest BCUT2D eigenvalue weighted by molar-refractivity contribution is 5.45. The Kier molecular flexibility index (Phi) is 4.53. The Morgan fingerprint density at radius 1 is 1.28 bits per heavy atom. The van der Waals surface area contributed by atoms with E-state index >= 15 is 0 Å². The molecule has 1 N–H and O–H groups in total. The molecule has 0 unspecified atom stereocenters. The molecule has 18 heavy (non-hydrogen) atoms. The number of nitrogens with one attached hydrogen (secondary N) is 1. The molecule has 100 valence electrons. The Bertz CT molecular complexity index is 387. The molecule has 0 amide bonds. The SMILES string of the molecule is CCCN1CCC(Nc2ccc(F)cc2F)CC1. The van der Waals surface area contributed by atoms with Gasteiger partial charge in [0, 0.05) is 25.2 Å². The zero-order valence-corrected chi connectivity index (χ0v) is 10.8. The van der Waals surface area contributed by atoms with Crippen molar-refractivity contribution in [2.24, 2.45) is 0 Å². The van der Waals surface area contributed by atoms with E-state index in [-0.39, 0.29) is 6.04 Å². The first kappa shape index (κ1) is 13.3. The van der Waals surface area contributed by atoms with Crippen LogP contribution in [0, 0.1) is 11.6 Å². The molecule has 4 heteroatoms. The first-order valence-corrected chi connectivity index (χ1v) is 6.63. The molecule has 1 aliphatic heterocycles. The van der Waals surface area contributed by atoms with E-state index in [4.69, 9.17) is 0 Å². The second kappa shape index (κ2) is 6.14. The fourth-order valence-corrected chi connectivity index (χ4v) is 2.44. The smallest absolute Gasteiger partial charge is 0.149 e. The monoisotopic (exact) mass is 254 g/mol. The minimum atomic E-state index is -0.532. The summed E-state index contributed by atoms with van der Waals surface area (Å²) in [5.74, 6) is -1.04. The molecule has 2 rings (SSSR count). The Labute approximate surface area is 107 Å². The lowest BCUT2D eigenvalue weighted by Crippen LogP contribution is -2.39. The van der Waals surface area contributed by atoms with Crippen LogP contribution in [0.25, 0.3) is 0 Å². The number of hydrogen-bond acceptors (Lipinski definition) is 2. The van der Waals surface area contributed by atoms with E-state index < -0.39 is 11.6 Å². The number of nitrogens with zero attached hydrogens (tertiary/aromatic N) is 1. The van der Waals surface area contributed by atoms with E-state index in [1.54, 1.807) is 0 Å². The minimum absolute atomic E-state index is 0.290. The van der Waals surface area contributed by atoms with Crippen LogP contribution in [-0.4, -0.2) is 30.6 Å². The van der Waals surface area contributed by atoms with Gasteiger partial charge < -0.3 is 10.2 Å². The van der Waals surface area contributed by atoms with E-state index in [0.29, 0.717) is 5.69 Å². The molecule has 0 aromatic heterocycles. The third-order valence-corrected chi connectivity index (χ3v) is 3.42. The van der Waals surface area contributed by atoms with Crippen molar-refractivity contribution in [3.63, 3.8) is 0 Å². The average Bonchev–Trinajstić information content (AvgIpc) is 2.35. The first-order chi connectivity index (χ1) is 8.69. The van der Waals surface area contributed by atoms with Crippen LogP contribution in [0.1, 0.15) is 26.2 Å². The number of halogens is 2. The summed E-state index contributed by atoms with van der Waals surface area (Å²) in [6, 6.07) is 3.98. The Balaban J connectivity index is 1.87. The van der Waals surface area contributed by atoms with Gasteiger partial charge in [-0.2, -0.15) is 0 Å². The maximum absolute atomic E-state index is 13.5. The lowest BCUT2D eigenvalue weighted by molar-refractivity contribution is 0.219. The molecule has 0 bridgehead atoms. The highest BCUT2D eigenvalue weighted by Gasteiger charge is 2.19. The molecular weight excluding hydrogens is 234 g/mol. The van der Waals surface area contributed by atoms with Gasteiger partial charge in [0.1, 0.15) is 11.6 Å². The van der Waals surface area contributed by atoms with Crippen LogP contribution in [0.5, 0.6) is 0 Å². The van der Waals surface area contributed by atoms with Gasteiger partial charge in [0.2, 0.25) is 0 Å². The summed E-state index contributed by atoms with van der Waals surface area (Å²) in [6.45, 7) is 5.42. The number of piperidine rings is 1. The van der Waals surface area contributed by atoms with Crippen molar-refractivity contribution in [2.75, 3.05) is 25.0 Å². The highest BCUT2D eigenvalue weighted by atomic mass is 19.1. The number of anilines is 1. The van der Waals surface area contributed by atoms with Crippen LogP contribution in [0.4, 0.5) is 14.5 Å². The molecular formula is C14H20F2N2. The van der Waals surface area contributed by atoms with E-state index in [1.165, 1.54) is 18.6 Å². The Morgan fingerprint density at radius 2 is 2.00 bits per heavy atom. The fourth-order valence-electron chi connectivity index (χ4n) is 2.44. The molecule has 1 aromatic carbocycles. The lowest BCUT2D eigenvalue weighted by atomic mass is 10.0. The molecule has 0 spiro atoms. The normalized spacial score (nSPS) is 17.9. The predicted molar refractivity (Wildman–Crippen MR) is 69.7 cm³/mol. The van der Waals surface area contributed by atoms with Gasteiger partial charge in [-0.15, -0.1) is 0 Å². The van der Waals surface area contributed by atoms with Crippen molar-refractivity contribution < 1.29 is 8.78 Å². The third-order valence-electron chi connectivity index (χ3n) is 3.42. The largest absolute Gasteiger partial charge is 0.380 e. The topological polar surface area (TPSA) is 15.3 Å². The summed E-state index contributed by atoms with van der Waals surface area (Å²) in [5, 5.41) is 3.17. The van der Waals surface area contributed by atoms with Gasteiger partial charge in [0.25, 0.3) is 0 Å². The number of hydrogen-bond donors (Lipinski definition) is 1. The van der Waals surface area contributed by atoms with Crippen LogP contribution < -0.4 is 5.32 Å². The van der Waals surface area contributed by atoms with Gasteiger partial charge >= 0.3 is 0 Å². The molecule has 0 radical (unpaired) electrons. The van der Waals surface area contributed by atoms with Gasteiger partial charge in [-0.25, -0.2) is 8.78 Å². The Hall–Kier alpha value is -1.16. The zero-order chi connectivity index (χ0) is 13.0. The molecule has 2 nitrogen and oxygen atoms in total. The van der Waals surface area contributed by atoms with Gasteiger partial charge in [0.15, 0.2) is 0 Å². The van der Waals surface area contributed by atoms with Crippen LogP contribution in [0.15, 0.2) is 18.2 Å². The van der Waals surface area contributed by atoms with E-state index in [2.05, 4.69) is 17.1 Å². The molecule has 0 atom stereocenters. The van der Waals surface area contributed by atoms with Crippen molar-refractivity contribution in [2.45, 2.75) is 32.2 Å². The summed E-state index contributed by atoms with van der Waals surface area (Å²) >= 11 is 0. The molecule has 1 saturated heterocycles. The second-order valence-electron chi connectivity index (χ2n) is 4.88. The molecule has 1 fully saturated rings. The molecule has 0 aliphatic carbocycles. The fraction of sp³-hybridized carbons (Fsp3) is 0.571. The molecule has 0 saturated carbocycles. The van der Waals surface area contributed by atoms with Crippen molar-refractivity contribution in [3.8, 4) is 0 Å². The molecule has 1 aromatic rings. The maximum Gasteiger partial charge on any atom is 0.149 e. The van der Waals surface area contributed by atoms with Gasteiger partial charge in [-0.05, 0) is 37.9 Å². The van der Waals surface area contributed by atoms with Gasteiger partial charge in [-0.3, -0.25) is 0 Å². The summed E-state index contributed by atoms with van der Waals surface area (Å²) in [7, 11) is 0. The van der Waals surface area contributed by atoms with Crippen LogP contribution in [0.2, 0.25) is 0 Å². The number of rotatable bonds is 4. The second-order valence-corrected chi connectivity index (χ2v) is 4.88. The molecule has 1 aliphatic rings. The minimum Gasteiger partial charge on any atom is -0.380 e. The summed E-state index contributed by atoms with van der Waals surface area (Å²) in [5.41, 5.74) is 0.408. The van der Waals surface area contributed by atoms with Crippen molar-refractivity contribution in [1.82, 2.24) is 4.90 Å². The van der Waals surface area contributed by atoms with Gasteiger partial charge in [0.05, 0.1) is 5.69 Å². The number of likely N-dealkylation sites (tertiary alicyclic amines) is 1. The average molecular weight is 254 g/mol. The first-order valence-electron chi connectivity index (χ1n) is 6.63. The lowest BCUT2D eigenvalue weighted by Gasteiger charge is -2.32. The van der Waals surface area contributed by atoms with Gasteiger partial charge in [-0.1, -0.05) is 6.92 Å². The maximum atomic E-state index is 13.5. The standard InChI is InChI=1S/C14H20F2N2/c1-2-7-18-8-5-12(6-9-18)17-14-4-3-11(15)10-13(14)16/h3-4,10,12,17H,2,5-9H2,1H3. The third kappa shape index (κ3) is 3.42. The van der Waals surface area contributed by atoms with E-state index in [1.807, 2.05) is 0 Å². The predicted octanol–water partition coefficient (Wildman–Crippen LogP) is 3.25. The van der Waals surface area contributed by atoms with Crippen LogP contribution >= 0.6 is 0 Å². The van der Waals surface area contributed by atoms with E-state index in [0.717, 1.165) is 38.5 Å². The summed E-state index contributed by atoms with van der Waals surface area (Å²) in [6.07, 6.45) is 3.19. The summed E-state index contributed by atoms with van der Waals surface area (Å²) < 4.78 is 26.3. The molecule has 1 heterocycles. The Morgan fingerprint density at radius 3 is 2.61 bits per heavy atom. The number of benzene rings is 1. The quantitative estimate of drug-likeness (QED) is 0.887. The zero-order valence-electron chi connectivity index (χ0n) is 10.8. The van der Waals surface area contributed by atoms with Crippen molar-refractivity contribution in [1.29, 1.82) is 0 Å².